The van der Waals surface area contributed by atoms with Crippen molar-refractivity contribution in [1.82, 2.24) is 4.40 Å². The monoisotopic (exact) mass is 503 g/mol. The molecular formula is C34H33NO3. The second kappa shape index (κ2) is 11.8. The van der Waals surface area contributed by atoms with Crippen molar-refractivity contribution in [2.45, 2.75) is 45.1 Å². The molecule has 0 saturated heterocycles. The van der Waals surface area contributed by atoms with Crippen molar-refractivity contribution >= 4 is 11.5 Å². The van der Waals surface area contributed by atoms with Gasteiger partial charge in [0.05, 0.1) is 0 Å². The number of rotatable bonds is 11. The third-order valence-corrected chi connectivity index (χ3v) is 7.05. The summed E-state index contributed by atoms with van der Waals surface area (Å²) in [7, 11) is 0. The number of unbranched alkanes of at least 4 members (excludes halogenated alkanes) is 1. The summed E-state index contributed by atoms with van der Waals surface area (Å²) >= 11 is 0. The Morgan fingerprint density at radius 1 is 0.816 bits per heavy atom. The number of carboxylic acid groups (broad SMARTS) is 1. The van der Waals surface area contributed by atoms with Gasteiger partial charge in [0.25, 0.3) is 0 Å². The van der Waals surface area contributed by atoms with Crippen molar-refractivity contribution in [2.24, 2.45) is 0 Å². The Labute approximate surface area is 224 Å². The van der Waals surface area contributed by atoms with Crippen LogP contribution in [0.5, 0.6) is 5.75 Å². The molecule has 1 atom stereocenters. The second-order valence-corrected chi connectivity index (χ2v) is 9.69. The summed E-state index contributed by atoms with van der Waals surface area (Å²) in [4.78, 5) is 11.8. The Balaban J connectivity index is 1.30. The van der Waals surface area contributed by atoms with E-state index in [1.54, 1.807) is 0 Å². The highest BCUT2D eigenvalue weighted by Crippen LogP contribution is 2.32. The number of aliphatic carboxylic acids is 1. The van der Waals surface area contributed by atoms with Crippen LogP contribution in [0.25, 0.3) is 27.8 Å². The molecule has 38 heavy (non-hydrogen) atoms. The van der Waals surface area contributed by atoms with Crippen LogP contribution in [0, 0.1) is 0 Å². The minimum atomic E-state index is -0.947. The number of hydrogen-bond acceptors (Lipinski definition) is 2. The summed E-state index contributed by atoms with van der Waals surface area (Å²) in [5.74, 6) is -0.385. The van der Waals surface area contributed by atoms with Crippen molar-refractivity contribution in [3.63, 3.8) is 0 Å². The largest absolute Gasteiger partial charge is 0.479 e. The maximum atomic E-state index is 11.8. The van der Waals surface area contributed by atoms with Crippen LogP contribution in [0.3, 0.4) is 0 Å². The average Bonchev–Trinajstić information content (AvgIpc) is 3.33. The number of aromatic nitrogens is 1. The summed E-state index contributed by atoms with van der Waals surface area (Å²) in [5.41, 5.74) is 8.46. The number of carbonyl (C=O) groups is 1. The van der Waals surface area contributed by atoms with E-state index in [0.29, 0.717) is 18.6 Å². The van der Waals surface area contributed by atoms with Crippen LogP contribution in [0.2, 0.25) is 0 Å². The SMILES string of the molecule is CCCCc1c(-c2ccc(-c3ccc(O[C@@H](CCc4ccccc4)C(=O)O)cc3)cc2)cn2ccccc12. The van der Waals surface area contributed by atoms with Crippen LogP contribution >= 0.6 is 0 Å². The minimum absolute atomic E-state index is 0.415. The quantitative estimate of drug-likeness (QED) is 0.198. The second-order valence-electron chi connectivity index (χ2n) is 9.69. The first-order valence-electron chi connectivity index (χ1n) is 13.3. The van der Waals surface area contributed by atoms with E-state index in [9.17, 15) is 9.90 Å². The van der Waals surface area contributed by atoms with Crippen LogP contribution in [0.15, 0.2) is 109 Å². The molecule has 3 aromatic carbocycles. The van der Waals surface area contributed by atoms with Gasteiger partial charge in [0.1, 0.15) is 5.75 Å². The molecule has 2 heterocycles. The van der Waals surface area contributed by atoms with Crippen LogP contribution in [0.1, 0.15) is 37.3 Å². The highest BCUT2D eigenvalue weighted by Gasteiger charge is 2.19. The molecule has 4 heteroatoms. The van der Waals surface area contributed by atoms with Crippen molar-refractivity contribution in [3.8, 4) is 28.0 Å². The summed E-state index contributed by atoms with van der Waals surface area (Å²) in [6.45, 7) is 2.23. The van der Waals surface area contributed by atoms with Crippen molar-refractivity contribution in [2.75, 3.05) is 0 Å². The first-order valence-corrected chi connectivity index (χ1v) is 13.3. The number of aryl methyl sites for hydroxylation is 2. The summed E-state index contributed by atoms with van der Waals surface area (Å²) < 4.78 is 8.06. The Morgan fingerprint density at radius 2 is 1.47 bits per heavy atom. The molecule has 0 fully saturated rings. The molecule has 192 valence electrons. The van der Waals surface area contributed by atoms with Gasteiger partial charge in [-0.05, 0) is 77.8 Å². The zero-order valence-corrected chi connectivity index (χ0v) is 21.7. The fourth-order valence-electron chi connectivity index (χ4n) is 4.95. The van der Waals surface area contributed by atoms with E-state index >= 15 is 0 Å². The molecule has 0 radical (unpaired) electrons. The summed E-state index contributed by atoms with van der Waals surface area (Å²) in [6.07, 6.45) is 7.93. The number of benzene rings is 3. The zero-order valence-electron chi connectivity index (χ0n) is 21.7. The molecule has 4 nitrogen and oxygen atoms in total. The Morgan fingerprint density at radius 3 is 2.16 bits per heavy atom. The van der Waals surface area contributed by atoms with Crippen LogP contribution < -0.4 is 4.74 Å². The molecular weight excluding hydrogens is 470 g/mol. The lowest BCUT2D eigenvalue weighted by Gasteiger charge is -2.15. The smallest absolute Gasteiger partial charge is 0.344 e. The molecule has 0 unspecified atom stereocenters. The molecule has 2 aromatic heterocycles. The van der Waals surface area contributed by atoms with E-state index in [-0.39, 0.29) is 0 Å². The maximum Gasteiger partial charge on any atom is 0.344 e. The van der Waals surface area contributed by atoms with E-state index in [1.165, 1.54) is 35.0 Å². The Bertz CT molecular complexity index is 1490. The lowest BCUT2D eigenvalue weighted by molar-refractivity contribution is -0.145. The van der Waals surface area contributed by atoms with Gasteiger partial charge >= 0.3 is 5.97 Å². The third-order valence-electron chi connectivity index (χ3n) is 7.05. The highest BCUT2D eigenvalue weighted by atomic mass is 16.5. The van der Waals surface area contributed by atoms with E-state index in [4.69, 9.17) is 4.74 Å². The topological polar surface area (TPSA) is 50.9 Å². The summed E-state index contributed by atoms with van der Waals surface area (Å²) in [6, 6.07) is 32.6. The average molecular weight is 504 g/mol. The number of hydrogen-bond donors (Lipinski definition) is 1. The van der Waals surface area contributed by atoms with Gasteiger partial charge in [0.15, 0.2) is 6.10 Å². The number of fused-ring (bicyclic) bond motifs is 1. The maximum absolute atomic E-state index is 11.8. The fraction of sp³-hybridized carbons (Fsp3) is 0.206. The zero-order chi connectivity index (χ0) is 26.3. The van der Waals surface area contributed by atoms with Crippen molar-refractivity contribution in [3.05, 3.63) is 121 Å². The fourth-order valence-corrected chi connectivity index (χ4v) is 4.95. The van der Waals surface area contributed by atoms with Crippen LogP contribution in [-0.4, -0.2) is 21.6 Å². The first kappa shape index (κ1) is 25.3. The lowest BCUT2D eigenvalue weighted by atomic mass is 9.97. The predicted molar refractivity (Wildman–Crippen MR) is 154 cm³/mol. The molecule has 0 aliphatic rings. The Hall–Kier alpha value is -4.31. The van der Waals surface area contributed by atoms with Crippen molar-refractivity contribution < 1.29 is 14.6 Å². The number of carboxylic acids is 1. The lowest BCUT2D eigenvalue weighted by Crippen LogP contribution is -2.27. The van der Waals surface area contributed by atoms with Gasteiger partial charge < -0.3 is 14.2 Å². The molecule has 1 N–H and O–H groups in total. The van der Waals surface area contributed by atoms with E-state index < -0.39 is 12.1 Å². The molecule has 0 spiro atoms. The minimum Gasteiger partial charge on any atom is -0.479 e. The van der Waals surface area contributed by atoms with Gasteiger partial charge in [0, 0.05) is 23.5 Å². The van der Waals surface area contributed by atoms with Gasteiger partial charge in [-0.15, -0.1) is 0 Å². The van der Waals surface area contributed by atoms with Crippen LogP contribution in [0.4, 0.5) is 0 Å². The van der Waals surface area contributed by atoms with Gasteiger partial charge in [-0.25, -0.2) is 4.79 Å². The van der Waals surface area contributed by atoms with Gasteiger partial charge in [-0.3, -0.25) is 0 Å². The first-order chi connectivity index (χ1) is 18.6. The van der Waals surface area contributed by atoms with E-state index in [0.717, 1.165) is 23.1 Å². The number of pyridine rings is 1. The molecule has 5 rings (SSSR count). The molecule has 5 aromatic rings. The molecule has 0 bridgehead atoms. The molecule has 0 amide bonds. The van der Waals surface area contributed by atoms with Crippen molar-refractivity contribution in [1.29, 1.82) is 0 Å². The van der Waals surface area contributed by atoms with E-state index in [1.807, 2.05) is 54.6 Å². The number of ether oxygens (including phenoxy) is 1. The molecule has 0 saturated carbocycles. The molecule has 0 aliphatic carbocycles. The normalized spacial score (nSPS) is 11.9. The van der Waals surface area contributed by atoms with Crippen LogP contribution in [-0.2, 0) is 17.6 Å². The van der Waals surface area contributed by atoms with E-state index in [2.05, 4.69) is 66.2 Å². The highest BCUT2D eigenvalue weighted by molar-refractivity contribution is 5.78. The van der Waals surface area contributed by atoms with Gasteiger partial charge in [-0.1, -0.05) is 86.1 Å². The predicted octanol–water partition coefficient (Wildman–Crippen LogP) is 8.08. The number of nitrogens with zero attached hydrogens (tertiary/aromatic N) is 1. The Kier molecular flexibility index (Phi) is 7.89. The van der Waals surface area contributed by atoms with Gasteiger partial charge in [0.2, 0.25) is 0 Å². The third kappa shape index (κ3) is 5.81. The summed E-state index contributed by atoms with van der Waals surface area (Å²) in [5, 5.41) is 9.65. The standard InChI is InChI=1S/C34H33NO3/c1-2-3-11-30-31(24-35-23-8-7-12-32(30)35)28-16-14-26(15-17-28)27-18-20-29(21-19-27)38-33(34(36)37)22-13-25-9-5-4-6-10-25/h4-10,12,14-21,23-24,33H,2-3,11,13,22H2,1H3,(H,36,37)/t33-/m0/s1. The molecule has 0 aliphatic heterocycles. The van der Waals surface area contributed by atoms with Gasteiger partial charge in [-0.2, -0.15) is 0 Å².